The fourth-order valence-corrected chi connectivity index (χ4v) is 2.51. The molecule has 1 rings (SSSR count). The fraction of sp³-hybridized carbons (Fsp3) is 0.611. The first-order valence-corrected chi connectivity index (χ1v) is 8.27. The zero-order valence-electron chi connectivity index (χ0n) is 15.5. The molecule has 0 aliphatic heterocycles. The summed E-state index contributed by atoms with van der Waals surface area (Å²) in [5, 5.41) is 12.4. The van der Waals surface area contributed by atoms with Gasteiger partial charge in [-0.05, 0) is 57.7 Å². The van der Waals surface area contributed by atoms with Crippen LogP contribution in [-0.2, 0) is 11.3 Å². The molecule has 0 aromatic carbocycles. The largest absolute Gasteiger partial charge is 0.465 e. The number of rotatable bonds is 7. The van der Waals surface area contributed by atoms with E-state index in [1.807, 2.05) is 26.0 Å². The number of nitrogens with zero attached hydrogens (tertiary/aromatic N) is 2. The molecule has 2 N–H and O–H groups in total. The van der Waals surface area contributed by atoms with Gasteiger partial charge in [0.25, 0.3) is 0 Å². The Bertz CT molecular complexity index is 577. The molecule has 6 nitrogen and oxygen atoms in total. The van der Waals surface area contributed by atoms with E-state index in [0.717, 1.165) is 23.4 Å². The molecule has 0 aliphatic carbocycles. The molecule has 0 atom stereocenters. The number of carboxylic acid groups (broad SMARTS) is 1. The minimum atomic E-state index is -1.16. The molecule has 1 heterocycles. The van der Waals surface area contributed by atoms with Crippen molar-refractivity contribution >= 4 is 12.0 Å². The molecule has 1 aromatic rings. The van der Waals surface area contributed by atoms with E-state index in [0.29, 0.717) is 12.5 Å². The highest BCUT2D eigenvalue weighted by atomic mass is 16.4. The first kappa shape index (κ1) is 19.9. The van der Waals surface area contributed by atoms with Crippen molar-refractivity contribution < 1.29 is 14.7 Å². The van der Waals surface area contributed by atoms with Crippen LogP contribution in [-0.4, -0.2) is 39.1 Å². The maximum atomic E-state index is 12.5. The number of pyridine rings is 1. The van der Waals surface area contributed by atoms with Crippen molar-refractivity contribution in [2.24, 2.45) is 5.92 Å². The SMILES string of the molecule is Cc1cc(CN(C(=O)O)C(C)(C)C(=O)NCCC(C)C)cc(C)n1. The van der Waals surface area contributed by atoms with Crippen LogP contribution in [0.5, 0.6) is 0 Å². The van der Waals surface area contributed by atoms with Crippen molar-refractivity contribution in [1.82, 2.24) is 15.2 Å². The van der Waals surface area contributed by atoms with Gasteiger partial charge in [-0.25, -0.2) is 4.79 Å². The molecule has 1 aromatic heterocycles. The molecule has 2 amide bonds. The molecular weight excluding hydrogens is 306 g/mol. The standard InChI is InChI=1S/C18H29N3O3/c1-12(2)7-8-19-16(22)18(5,6)21(17(23)24)11-15-9-13(3)20-14(4)10-15/h9-10,12H,7-8,11H2,1-6H3,(H,19,22)(H,23,24). The van der Waals surface area contributed by atoms with Gasteiger partial charge in [-0.3, -0.25) is 14.7 Å². The second kappa shape index (κ2) is 8.13. The Balaban J connectivity index is 2.92. The minimum absolute atomic E-state index is 0.143. The third-order valence-electron chi connectivity index (χ3n) is 3.95. The quantitative estimate of drug-likeness (QED) is 0.802. The Labute approximate surface area is 144 Å². The van der Waals surface area contributed by atoms with Gasteiger partial charge in [0.15, 0.2) is 0 Å². The van der Waals surface area contributed by atoms with Crippen molar-refractivity contribution in [3.05, 3.63) is 29.1 Å². The smallest absolute Gasteiger partial charge is 0.408 e. The Morgan fingerprint density at radius 2 is 1.79 bits per heavy atom. The molecule has 0 bridgehead atoms. The number of carbonyl (C=O) groups is 2. The predicted octanol–water partition coefficient (Wildman–Crippen LogP) is 3.12. The van der Waals surface area contributed by atoms with Gasteiger partial charge in [0.05, 0.1) is 6.54 Å². The summed E-state index contributed by atoms with van der Waals surface area (Å²) in [4.78, 5) is 29.7. The lowest BCUT2D eigenvalue weighted by Gasteiger charge is -2.35. The van der Waals surface area contributed by atoms with Crippen molar-refractivity contribution in [2.45, 2.75) is 60.0 Å². The Morgan fingerprint density at radius 3 is 2.25 bits per heavy atom. The van der Waals surface area contributed by atoms with Crippen LogP contribution in [0.3, 0.4) is 0 Å². The summed E-state index contributed by atoms with van der Waals surface area (Å²) in [5.74, 6) is 0.194. The van der Waals surface area contributed by atoms with E-state index >= 15 is 0 Å². The molecular formula is C18H29N3O3. The van der Waals surface area contributed by atoms with Crippen LogP contribution in [0.2, 0.25) is 0 Å². The normalized spacial score (nSPS) is 11.5. The molecule has 24 heavy (non-hydrogen) atoms. The van der Waals surface area contributed by atoms with E-state index < -0.39 is 11.6 Å². The van der Waals surface area contributed by atoms with E-state index in [2.05, 4.69) is 24.1 Å². The molecule has 6 heteroatoms. The van der Waals surface area contributed by atoms with Gasteiger partial charge in [0.1, 0.15) is 5.54 Å². The van der Waals surface area contributed by atoms with Crippen LogP contribution in [0, 0.1) is 19.8 Å². The second-order valence-corrected chi connectivity index (χ2v) is 7.12. The lowest BCUT2D eigenvalue weighted by molar-refractivity contribution is -0.131. The first-order chi connectivity index (χ1) is 11.0. The maximum absolute atomic E-state index is 12.5. The summed E-state index contributed by atoms with van der Waals surface area (Å²) >= 11 is 0. The number of hydrogen-bond donors (Lipinski definition) is 2. The predicted molar refractivity (Wildman–Crippen MR) is 93.8 cm³/mol. The third kappa shape index (κ3) is 5.51. The number of aryl methyl sites for hydroxylation is 2. The highest BCUT2D eigenvalue weighted by molar-refractivity contribution is 5.88. The van der Waals surface area contributed by atoms with Gasteiger partial charge in [-0.2, -0.15) is 0 Å². The van der Waals surface area contributed by atoms with E-state index in [1.165, 1.54) is 4.90 Å². The molecule has 134 valence electrons. The summed E-state index contributed by atoms with van der Waals surface area (Å²) < 4.78 is 0. The average Bonchev–Trinajstić information content (AvgIpc) is 2.42. The minimum Gasteiger partial charge on any atom is -0.465 e. The summed E-state index contributed by atoms with van der Waals surface area (Å²) in [6.07, 6.45) is -0.261. The summed E-state index contributed by atoms with van der Waals surface area (Å²) in [6, 6.07) is 3.69. The van der Waals surface area contributed by atoms with Gasteiger partial charge in [0.2, 0.25) is 5.91 Å². The van der Waals surface area contributed by atoms with Crippen LogP contribution in [0.1, 0.15) is 51.1 Å². The Hall–Kier alpha value is -2.11. The number of aromatic nitrogens is 1. The van der Waals surface area contributed by atoms with Crippen molar-refractivity contribution in [3.8, 4) is 0 Å². The molecule has 0 unspecified atom stereocenters. The molecule has 0 saturated heterocycles. The molecule has 0 radical (unpaired) electrons. The third-order valence-corrected chi connectivity index (χ3v) is 3.95. The summed E-state index contributed by atoms with van der Waals surface area (Å²) in [7, 11) is 0. The van der Waals surface area contributed by atoms with Gasteiger partial charge >= 0.3 is 6.09 Å². The summed E-state index contributed by atoms with van der Waals surface area (Å²) in [5.41, 5.74) is 1.32. The number of hydrogen-bond acceptors (Lipinski definition) is 3. The van der Waals surface area contributed by atoms with Crippen LogP contribution in [0.25, 0.3) is 0 Å². The average molecular weight is 335 g/mol. The van der Waals surface area contributed by atoms with Gasteiger partial charge < -0.3 is 10.4 Å². The van der Waals surface area contributed by atoms with Crippen LogP contribution >= 0.6 is 0 Å². The zero-order chi connectivity index (χ0) is 18.5. The van der Waals surface area contributed by atoms with Gasteiger partial charge in [-0.15, -0.1) is 0 Å². The van der Waals surface area contributed by atoms with E-state index in [9.17, 15) is 14.7 Å². The highest BCUT2D eigenvalue weighted by Crippen LogP contribution is 2.20. The first-order valence-electron chi connectivity index (χ1n) is 8.27. The topological polar surface area (TPSA) is 82.5 Å². The van der Waals surface area contributed by atoms with Crippen molar-refractivity contribution in [3.63, 3.8) is 0 Å². The van der Waals surface area contributed by atoms with Crippen LogP contribution < -0.4 is 5.32 Å². The van der Waals surface area contributed by atoms with Crippen molar-refractivity contribution in [2.75, 3.05) is 6.54 Å². The number of nitrogens with one attached hydrogen (secondary N) is 1. The zero-order valence-corrected chi connectivity index (χ0v) is 15.5. The Kier molecular flexibility index (Phi) is 6.75. The Morgan fingerprint density at radius 1 is 1.25 bits per heavy atom. The van der Waals surface area contributed by atoms with E-state index in [1.54, 1.807) is 13.8 Å². The monoisotopic (exact) mass is 335 g/mol. The van der Waals surface area contributed by atoms with Gasteiger partial charge in [0, 0.05) is 17.9 Å². The lowest BCUT2D eigenvalue weighted by atomic mass is 10.00. The van der Waals surface area contributed by atoms with E-state index in [-0.39, 0.29) is 12.5 Å². The van der Waals surface area contributed by atoms with E-state index in [4.69, 9.17) is 0 Å². The number of carbonyl (C=O) groups excluding carboxylic acids is 1. The van der Waals surface area contributed by atoms with Crippen molar-refractivity contribution in [1.29, 1.82) is 0 Å². The lowest BCUT2D eigenvalue weighted by Crippen LogP contribution is -2.56. The summed E-state index contributed by atoms with van der Waals surface area (Å²) in [6.45, 7) is 11.8. The van der Waals surface area contributed by atoms with Crippen LogP contribution in [0.15, 0.2) is 12.1 Å². The highest BCUT2D eigenvalue weighted by Gasteiger charge is 2.37. The molecule has 0 spiro atoms. The van der Waals surface area contributed by atoms with Crippen LogP contribution in [0.4, 0.5) is 4.79 Å². The second-order valence-electron chi connectivity index (χ2n) is 7.12. The van der Waals surface area contributed by atoms with Gasteiger partial charge in [-0.1, -0.05) is 13.8 Å². The molecule has 0 aliphatic rings. The molecule has 0 saturated carbocycles. The number of amides is 2. The fourth-order valence-electron chi connectivity index (χ4n) is 2.51. The maximum Gasteiger partial charge on any atom is 0.408 e. The molecule has 0 fully saturated rings.